The molecule has 4 aromatic carbocycles. The summed E-state index contributed by atoms with van der Waals surface area (Å²) in [7, 11) is -1.79. The Morgan fingerprint density at radius 1 is 0.643 bits per heavy atom. The Bertz CT molecular complexity index is 1660. The van der Waals surface area contributed by atoms with Gasteiger partial charge in [-0.05, 0) is 65.6 Å². The molecule has 4 heteroatoms. The molecule has 0 amide bonds. The van der Waals surface area contributed by atoms with E-state index in [2.05, 4.69) is 112 Å². The maximum atomic E-state index is 4.58. The van der Waals surface area contributed by atoms with Crippen LogP contribution in [0.25, 0.3) is 43.6 Å². The van der Waals surface area contributed by atoms with Gasteiger partial charge in [-0.2, -0.15) is 0 Å². The van der Waals surface area contributed by atoms with Crippen LogP contribution >= 0.6 is 0 Å². The Kier molecular flexibility index (Phi) is 9.42. The zero-order valence-corrected chi connectivity index (χ0v) is 27.0. The van der Waals surface area contributed by atoms with Crippen molar-refractivity contribution in [1.82, 2.24) is 15.0 Å². The van der Waals surface area contributed by atoms with Crippen LogP contribution in [-0.2, 0) is 6.54 Å². The minimum atomic E-state index is -1.79. The van der Waals surface area contributed by atoms with Gasteiger partial charge in [0.15, 0.2) is 0 Å². The van der Waals surface area contributed by atoms with Crippen LogP contribution in [0.5, 0.6) is 0 Å². The Morgan fingerprint density at radius 2 is 1.17 bits per heavy atom. The number of benzene rings is 4. The summed E-state index contributed by atoms with van der Waals surface area (Å²) in [6, 6.07) is 21.2. The molecule has 3 nitrogen and oxygen atoms in total. The molecule has 1 heterocycles. The van der Waals surface area contributed by atoms with Gasteiger partial charge in [-0.3, -0.25) is 4.68 Å². The monoisotopic (exact) mass is 573 g/mol. The molecule has 1 aromatic heterocycles. The molecule has 0 atom stereocenters. The van der Waals surface area contributed by atoms with Gasteiger partial charge in [-0.15, -0.1) is 24.8 Å². The summed E-state index contributed by atoms with van der Waals surface area (Å²) in [6.07, 6.45) is 13.7. The Hall–Kier alpha value is -3.50. The van der Waals surface area contributed by atoms with Crippen LogP contribution in [0.2, 0.25) is 6.04 Å². The molecule has 0 fully saturated rings. The van der Waals surface area contributed by atoms with Crippen molar-refractivity contribution in [3.05, 3.63) is 96.1 Å². The van der Waals surface area contributed by atoms with Gasteiger partial charge in [0.25, 0.3) is 0 Å². The lowest BCUT2D eigenvalue weighted by Gasteiger charge is -2.34. The molecule has 0 spiro atoms. The number of allylic oxidation sites excluding steroid dienone is 3. The summed E-state index contributed by atoms with van der Waals surface area (Å²) >= 11 is 0. The van der Waals surface area contributed by atoms with Crippen LogP contribution in [-0.4, -0.2) is 23.1 Å². The molecule has 5 aromatic rings. The molecule has 0 unspecified atom stereocenters. The van der Waals surface area contributed by atoms with Gasteiger partial charge in [0, 0.05) is 12.1 Å². The topological polar surface area (TPSA) is 30.7 Å². The molecule has 0 aliphatic carbocycles. The summed E-state index contributed by atoms with van der Waals surface area (Å²) in [4.78, 5) is 0. The second-order valence-electron chi connectivity index (χ2n) is 12.5. The largest absolute Gasteiger partial charge is 0.252 e. The van der Waals surface area contributed by atoms with Gasteiger partial charge in [-0.1, -0.05) is 127 Å². The Labute approximate surface area is 253 Å². The lowest BCUT2D eigenvalue weighted by atomic mass is 9.91. The third-order valence-corrected chi connectivity index (χ3v) is 14.9. The van der Waals surface area contributed by atoms with Crippen molar-refractivity contribution in [1.29, 1.82) is 0 Å². The summed E-state index contributed by atoms with van der Waals surface area (Å²) in [5.41, 5.74) is 2.13. The van der Waals surface area contributed by atoms with E-state index in [1.54, 1.807) is 0 Å². The van der Waals surface area contributed by atoms with Crippen LogP contribution in [0.4, 0.5) is 0 Å². The lowest BCUT2D eigenvalue weighted by Crippen LogP contribution is -2.39. The number of rotatable bonds is 16. The lowest BCUT2D eigenvalue weighted by molar-refractivity contribution is 0.509. The van der Waals surface area contributed by atoms with E-state index in [1.807, 2.05) is 4.68 Å². The standard InChI is InChI=1S/C38H47N3Si/c1-28(2)42(29(3)4,30(5)6)26-15-13-11-9-7-8-10-12-14-25-41-27-36(39-40-41)34-23-21-33-20-19-31-17-16-18-32-22-24-35(34)38(33)37(31)32/h16-24,27H,1,3,5,7-15,25-26H2,2,4,6H3. The summed E-state index contributed by atoms with van der Waals surface area (Å²) in [6.45, 7) is 20.5. The molecular formula is C38H47N3Si. The quantitative estimate of drug-likeness (QED) is 0.0667. The van der Waals surface area contributed by atoms with Gasteiger partial charge in [0.2, 0.25) is 0 Å². The van der Waals surface area contributed by atoms with Crippen molar-refractivity contribution in [2.75, 3.05) is 0 Å². The van der Waals surface area contributed by atoms with Crippen LogP contribution < -0.4 is 0 Å². The van der Waals surface area contributed by atoms with Crippen molar-refractivity contribution >= 4 is 40.4 Å². The van der Waals surface area contributed by atoms with E-state index < -0.39 is 8.07 Å². The number of hydrogen-bond donors (Lipinski definition) is 0. The average molecular weight is 574 g/mol. The molecule has 5 rings (SSSR count). The molecule has 218 valence electrons. The fraction of sp³-hybridized carbons (Fsp3) is 0.368. The number of unbranched alkanes of at least 4 members (excludes halogenated alkanes) is 8. The van der Waals surface area contributed by atoms with Gasteiger partial charge in [-0.25, -0.2) is 0 Å². The first-order chi connectivity index (χ1) is 20.3. The van der Waals surface area contributed by atoms with E-state index in [0.29, 0.717) is 0 Å². The molecule has 0 radical (unpaired) electrons. The van der Waals surface area contributed by atoms with Crippen LogP contribution in [0.3, 0.4) is 0 Å². The fourth-order valence-electron chi connectivity index (χ4n) is 7.12. The summed E-state index contributed by atoms with van der Waals surface area (Å²) in [5, 5.41) is 20.8. The van der Waals surface area contributed by atoms with Gasteiger partial charge in [0.05, 0.1) is 6.20 Å². The van der Waals surface area contributed by atoms with Crippen LogP contribution in [0.1, 0.15) is 78.6 Å². The predicted octanol–water partition coefficient (Wildman–Crippen LogP) is 11.1. The zero-order chi connectivity index (χ0) is 29.7. The number of aromatic nitrogens is 3. The highest BCUT2D eigenvalue weighted by molar-refractivity contribution is 6.97. The molecule has 0 saturated heterocycles. The minimum absolute atomic E-state index is 0.929. The molecule has 0 saturated carbocycles. The first-order valence-electron chi connectivity index (χ1n) is 15.9. The highest BCUT2D eigenvalue weighted by Gasteiger charge is 2.35. The van der Waals surface area contributed by atoms with Crippen molar-refractivity contribution in [3.63, 3.8) is 0 Å². The maximum absolute atomic E-state index is 4.58. The maximum Gasteiger partial charge on any atom is 0.133 e. The Morgan fingerprint density at radius 3 is 1.79 bits per heavy atom. The number of aryl methyl sites for hydroxylation is 1. The van der Waals surface area contributed by atoms with E-state index in [1.165, 1.54) is 111 Å². The first kappa shape index (κ1) is 30.0. The highest BCUT2D eigenvalue weighted by atomic mass is 28.3. The Balaban J connectivity index is 1.04. The third kappa shape index (κ3) is 6.01. The minimum Gasteiger partial charge on any atom is -0.252 e. The van der Waals surface area contributed by atoms with Crippen molar-refractivity contribution in [2.45, 2.75) is 91.1 Å². The van der Waals surface area contributed by atoms with Gasteiger partial charge >= 0.3 is 0 Å². The second-order valence-corrected chi connectivity index (χ2v) is 17.4. The fourth-order valence-corrected chi connectivity index (χ4v) is 11.4. The predicted molar refractivity (Wildman–Crippen MR) is 186 cm³/mol. The van der Waals surface area contributed by atoms with Crippen molar-refractivity contribution in [2.24, 2.45) is 0 Å². The van der Waals surface area contributed by atoms with Gasteiger partial charge < -0.3 is 0 Å². The van der Waals surface area contributed by atoms with E-state index in [0.717, 1.165) is 18.7 Å². The van der Waals surface area contributed by atoms with E-state index >= 15 is 0 Å². The SMILES string of the molecule is C=C(C)[Si](CCCCCCCCCCCn1cc(-c2ccc3ccc4cccc5ccc2c3c45)nn1)(C(=C)C)C(=C)C. The zero-order valence-electron chi connectivity index (χ0n) is 26.0. The van der Waals surface area contributed by atoms with E-state index in [9.17, 15) is 0 Å². The summed E-state index contributed by atoms with van der Waals surface area (Å²) < 4.78 is 2.03. The molecule has 42 heavy (non-hydrogen) atoms. The van der Waals surface area contributed by atoms with Crippen LogP contribution in [0.15, 0.2) is 96.1 Å². The molecule has 0 aliphatic heterocycles. The van der Waals surface area contributed by atoms with Crippen LogP contribution in [0, 0.1) is 0 Å². The first-order valence-corrected chi connectivity index (χ1v) is 18.1. The van der Waals surface area contributed by atoms with Crippen molar-refractivity contribution < 1.29 is 0 Å². The molecular weight excluding hydrogens is 527 g/mol. The second kappa shape index (κ2) is 13.2. The number of nitrogens with zero attached hydrogens (tertiary/aromatic N) is 3. The van der Waals surface area contributed by atoms with E-state index in [4.69, 9.17) is 0 Å². The molecule has 0 bridgehead atoms. The average Bonchev–Trinajstić information content (AvgIpc) is 3.44. The van der Waals surface area contributed by atoms with E-state index in [-0.39, 0.29) is 0 Å². The molecule has 0 N–H and O–H groups in total. The van der Waals surface area contributed by atoms with Gasteiger partial charge in [0.1, 0.15) is 13.8 Å². The summed E-state index contributed by atoms with van der Waals surface area (Å²) in [5.74, 6) is 0. The highest BCUT2D eigenvalue weighted by Crippen LogP contribution is 2.38. The third-order valence-electron chi connectivity index (χ3n) is 9.47. The normalized spacial score (nSPS) is 12.1. The van der Waals surface area contributed by atoms with Crippen molar-refractivity contribution in [3.8, 4) is 11.3 Å². The molecule has 0 aliphatic rings. The smallest absolute Gasteiger partial charge is 0.133 e. The number of hydrogen-bond acceptors (Lipinski definition) is 2.